The molecule has 15 heteroatoms. The number of hydrogen-bond donors (Lipinski definition) is 3. The van der Waals surface area contributed by atoms with E-state index in [4.69, 9.17) is 40.3 Å². The number of rotatable bonds is 14. The number of amides is 2. The number of carbonyl (C=O) groups excluding carboxylic acids is 2. The Hall–Kier alpha value is -4.27. The van der Waals surface area contributed by atoms with Gasteiger partial charge in [0.2, 0.25) is 0 Å². The van der Waals surface area contributed by atoms with Gasteiger partial charge in [0.15, 0.2) is 11.6 Å². The standard InChI is InChI=1S/C49H60Cl2N8O5/c1-56-37-10-22-58(24-20-46-12-14-48(28-46,15-13-46)30-64-3)26-35(37)52-41(56)43(60)54-33-8-4-6-31(39(33)50)32-7-5-9-34(40(32)51)55-44(61)42-53-36-27-59(23-11-38(36)57(42)2)25-21-47-16-18-49(29-47,19-17-47)45(62)63/h4-9H,10-30H2,1-3H3,(H,54,60)(H,55,61)(H,62,63)/i1D3,2D3,3D3. The number of benzene rings is 2. The smallest absolute Gasteiger partial charge is 0.309 e. The van der Waals surface area contributed by atoms with Gasteiger partial charge in [-0.1, -0.05) is 47.5 Å². The van der Waals surface area contributed by atoms with Gasteiger partial charge >= 0.3 is 5.97 Å². The number of carboxylic acid groups (broad SMARTS) is 1. The second-order valence-electron chi connectivity index (χ2n) is 19.9. The van der Waals surface area contributed by atoms with Crippen molar-refractivity contribution in [1.82, 2.24) is 28.9 Å². The molecule has 2 aliphatic heterocycles. The number of methoxy groups -OCH3 is 1. The number of nitrogens with zero attached hydrogens (tertiary/aromatic N) is 6. The third-order valence-electron chi connectivity index (χ3n) is 16.2. The van der Waals surface area contributed by atoms with E-state index in [0.717, 1.165) is 73.5 Å². The lowest BCUT2D eigenvalue weighted by Crippen LogP contribution is -2.34. The normalized spacial score (nSPS) is 29.9. The van der Waals surface area contributed by atoms with Gasteiger partial charge in [0.1, 0.15) is 0 Å². The van der Waals surface area contributed by atoms with Gasteiger partial charge in [-0.25, -0.2) is 9.97 Å². The molecule has 4 fully saturated rings. The lowest BCUT2D eigenvalue weighted by atomic mass is 9.80. The third kappa shape index (κ3) is 7.66. The molecule has 4 bridgehead atoms. The Morgan fingerprint density at radius 1 is 0.719 bits per heavy atom. The lowest BCUT2D eigenvalue weighted by molar-refractivity contribution is -0.148. The van der Waals surface area contributed by atoms with Crippen LogP contribution in [0.5, 0.6) is 0 Å². The number of aromatic nitrogens is 4. The van der Waals surface area contributed by atoms with E-state index in [2.05, 4.69) is 30.4 Å². The predicted octanol–water partition coefficient (Wildman–Crippen LogP) is 8.76. The van der Waals surface area contributed by atoms with Crippen molar-refractivity contribution in [2.75, 3.05) is 50.5 Å². The summed E-state index contributed by atoms with van der Waals surface area (Å²) in [5.74, 6) is -2.83. The minimum atomic E-state index is -2.71. The quantitative estimate of drug-likeness (QED) is 0.113. The Morgan fingerprint density at radius 3 is 1.67 bits per heavy atom. The molecule has 340 valence electrons. The summed E-state index contributed by atoms with van der Waals surface area (Å²) in [4.78, 5) is 53.9. The van der Waals surface area contributed by atoms with Gasteiger partial charge in [-0.2, -0.15) is 0 Å². The minimum absolute atomic E-state index is 0.00299. The van der Waals surface area contributed by atoms with Gasteiger partial charge in [-0.3, -0.25) is 24.2 Å². The van der Waals surface area contributed by atoms with Gasteiger partial charge in [0.05, 0.1) is 48.9 Å². The highest BCUT2D eigenvalue weighted by molar-refractivity contribution is 6.40. The fourth-order valence-electron chi connectivity index (χ4n) is 12.5. The molecule has 10 rings (SSSR count). The molecular formula is C49H60Cl2N8O5. The molecule has 64 heavy (non-hydrogen) atoms. The molecule has 2 aromatic heterocycles. The molecule has 0 radical (unpaired) electrons. The molecule has 0 unspecified atom stereocenters. The molecule has 4 saturated carbocycles. The number of carboxylic acids is 1. The van der Waals surface area contributed by atoms with Crippen LogP contribution in [0.4, 0.5) is 11.4 Å². The van der Waals surface area contributed by atoms with E-state index in [-0.39, 0.29) is 55.9 Å². The van der Waals surface area contributed by atoms with Crippen LogP contribution in [-0.4, -0.2) is 91.6 Å². The molecule has 4 heterocycles. The molecule has 0 saturated heterocycles. The molecule has 2 amide bonds. The number of hydrogen-bond acceptors (Lipinski definition) is 8. The number of aliphatic carboxylic acids is 1. The Kier molecular flexibility index (Phi) is 8.82. The van der Waals surface area contributed by atoms with E-state index in [1.807, 2.05) is 0 Å². The Morgan fingerprint density at radius 2 is 1.20 bits per heavy atom. The fourth-order valence-corrected chi connectivity index (χ4v) is 13.0. The molecule has 0 spiro atoms. The molecule has 6 aliphatic rings. The van der Waals surface area contributed by atoms with Crippen molar-refractivity contribution in [1.29, 1.82) is 0 Å². The summed E-state index contributed by atoms with van der Waals surface area (Å²) >= 11 is 14.0. The number of imidazole rings is 2. The van der Waals surface area contributed by atoms with Gasteiger partial charge in [-0.05, 0) is 119 Å². The summed E-state index contributed by atoms with van der Waals surface area (Å²) in [5, 5.41) is 15.6. The van der Waals surface area contributed by atoms with Gasteiger partial charge < -0.3 is 29.6 Å². The molecular weight excluding hydrogens is 851 g/mol. The molecule has 0 atom stereocenters. The topological polar surface area (TPSA) is 147 Å². The monoisotopic (exact) mass is 919 g/mol. The SMILES string of the molecule is [2H]C([2H])([2H])OCC12CCC(CCN3CCc4c(nc(C(=O)Nc5cccc(-c6cccc(NC(=O)c7nc8c(n7C([2H])([2H])[2H])CCN(CCC79CCC(C(=O)O)(CC7)C9)C8)c6Cl)c5Cl)n4C([2H])([2H])[2H])C3)(CC1)C2. The van der Waals surface area contributed by atoms with Crippen molar-refractivity contribution in [2.45, 2.75) is 103 Å². The zero-order valence-corrected chi connectivity index (χ0v) is 37.3. The summed E-state index contributed by atoms with van der Waals surface area (Å²) in [6.07, 6.45) is 11.2. The van der Waals surface area contributed by atoms with E-state index in [1.54, 1.807) is 36.4 Å². The van der Waals surface area contributed by atoms with Crippen molar-refractivity contribution in [3.8, 4) is 11.1 Å². The fraction of sp³-hybridized carbons (Fsp3) is 0.571. The minimum Gasteiger partial charge on any atom is -0.481 e. The van der Waals surface area contributed by atoms with E-state index < -0.39 is 44.2 Å². The predicted molar refractivity (Wildman–Crippen MR) is 247 cm³/mol. The van der Waals surface area contributed by atoms with Crippen molar-refractivity contribution < 1.29 is 36.6 Å². The zero-order chi connectivity index (χ0) is 52.1. The first-order valence-electron chi connectivity index (χ1n) is 27.0. The van der Waals surface area contributed by atoms with E-state index in [1.165, 1.54) is 0 Å². The first kappa shape index (κ1) is 34.1. The summed E-state index contributed by atoms with van der Waals surface area (Å²) in [6.45, 7) is -1.87. The number of nitrogens with one attached hydrogen (secondary N) is 2. The largest absolute Gasteiger partial charge is 0.481 e. The second-order valence-corrected chi connectivity index (χ2v) is 20.6. The maximum atomic E-state index is 14.1. The van der Waals surface area contributed by atoms with Crippen molar-refractivity contribution in [3.63, 3.8) is 0 Å². The Bertz CT molecular complexity index is 2850. The average Bonchev–Trinajstić information content (AvgIpc) is 4.19. The van der Waals surface area contributed by atoms with Crippen LogP contribution in [0, 0.1) is 21.7 Å². The number of fused-ring (bicyclic) bond motifs is 6. The van der Waals surface area contributed by atoms with Gasteiger partial charge in [-0.15, -0.1) is 0 Å². The first-order valence-corrected chi connectivity index (χ1v) is 23.3. The lowest BCUT2D eigenvalue weighted by Gasteiger charge is -2.32. The third-order valence-corrected chi connectivity index (χ3v) is 17.0. The summed E-state index contributed by atoms with van der Waals surface area (Å²) < 4.78 is 80.3. The number of anilines is 2. The Labute approximate surface area is 397 Å². The average molecular weight is 921 g/mol. The van der Waals surface area contributed by atoms with E-state index >= 15 is 0 Å². The van der Waals surface area contributed by atoms with Crippen molar-refractivity contribution in [2.24, 2.45) is 35.6 Å². The number of ether oxygens (including phenoxy) is 1. The number of halogens is 2. The van der Waals surface area contributed by atoms with Crippen LogP contribution in [0.15, 0.2) is 36.4 Å². The first-order chi connectivity index (χ1) is 34.3. The zero-order valence-electron chi connectivity index (χ0n) is 44.8. The van der Waals surface area contributed by atoms with Crippen molar-refractivity contribution >= 4 is 52.4 Å². The van der Waals surface area contributed by atoms with E-state index in [0.29, 0.717) is 98.7 Å². The molecule has 2 aromatic carbocycles. The highest BCUT2D eigenvalue weighted by Gasteiger charge is 2.58. The second kappa shape index (κ2) is 16.6. The van der Waals surface area contributed by atoms with Crippen LogP contribution in [-0.2, 0) is 49.4 Å². The Balaban J connectivity index is 0.816. The molecule has 4 aromatic rings. The maximum Gasteiger partial charge on any atom is 0.309 e. The maximum absolute atomic E-state index is 14.1. The summed E-state index contributed by atoms with van der Waals surface area (Å²) in [5.41, 5.74) is 2.39. The van der Waals surface area contributed by atoms with Crippen LogP contribution in [0.1, 0.15) is 133 Å². The summed E-state index contributed by atoms with van der Waals surface area (Å²) in [7, 11) is -2.41. The van der Waals surface area contributed by atoms with Crippen LogP contribution >= 0.6 is 23.2 Å². The molecule has 4 aliphatic carbocycles. The highest BCUT2D eigenvalue weighted by Crippen LogP contribution is 2.64. The van der Waals surface area contributed by atoms with Crippen LogP contribution < -0.4 is 10.6 Å². The highest BCUT2D eigenvalue weighted by atomic mass is 35.5. The summed E-state index contributed by atoms with van der Waals surface area (Å²) in [6, 6.07) is 9.75. The van der Waals surface area contributed by atoms with Gasteiger partial charge in [0, 0.05) is 90.7 Å². The van der Waals surface area contributed by atoms with E-state index in [9.17, 15) is 19.5 Å². The van der Waals surface area contributed by atoms with Crippen molar-refractivity contribution in [3.05, 3.63) is 80.9 Å². The van der Waals surface area contributed by atoms with Gasteiger partial charge in [0.25, 0.3) is 11.8 Å². The van der Waals surface area contributed by atoms with Crippen LogP contribution in [0.3, 0.4) is 0 Å². The molecule has 13 nitrogen and oxygen atoms in total. The van der Waals surface area contributed by atoms with Crippen LogP contribution in [0.2, 0.25) is 10.0 Å². The number of carbonyl (C=O) groups is 3. The molecule has 3 N–H and O–H groups in total. The van der Waals surface area contributed by atoms with Crippen LogP contribution in [0.25, 0.3) is 11.1 Å².